The molecule has 0 rings (SSSR count). The van der Waals surface area contributed by atoms with Gasteiger partial charge in [-0.05, 0) is 0 Å². The molecule has 0 bridgehead atoms. The van der Waals surface area contributed by atoms with E-state index in [0.717, 1.165) is 0 Å². The topological polar surface area (TPSA) is 57.2 Å². The van der Waals surface area contributed by atoms with Crippen LogP contribution in [-0.2, 0) is 27.2 Å². The van der Waals surface area contributed by atoms with Crippen molar-refractivity contribution < 1.29 is 43.2 Å². The van der Waals surface area contributed by atoms with E-state index in [1.807, 2.05) is 0 Å². The fraction of sp³-hybridized carbons (Fsp3) is 1.00. The molecule has 59 valence electrons. The normalized spacial score (nSPS) is 12.4. The van der Waals surface area contributed by atoms with Crippen molar-refractivity contribution in [3.05, 3.63) is 0 Å². The van der Waals surface area contributed by atoms with E-state index in [1.54, 1.807) is 0 Å². The molecule has 0 aliphatic heterocycles. The van der Waals surface area contributed by atoms with Gasteiger partial charge in [-0.15, -0.1) is 0 Å². The molecule has 0 heterocycles. The zero-order valence-corrected chi connectivity index (χ0v) is 5.33. The van der Waals surface area contributed by atoms with E-state index in [2.05, 4.69) is 0 Å². The van der Waals surface area contributed by atoms with E-state index in [4.69, 9.17) is 13.0 Å². The molecule has 0 fully saturated rings. The van der Waals surface area contributed by atoms with Gasteiger partial charge in [-0.3, -0.25) is 0 Å². The largest absolute Gasteiger partial charge is 2.00 e. The maximum atomic E-state index is 10.7. The average molecular weight is 213 g/mol. The van der Waals surface area contributed by atoms with Gasteiger partial charge in [0.25, 0.3) is 0 Å². The van der Waals surface area contributed by atoms with Crippen molar-refractivity contribution in [3.8, 4) is 0 Å². The van der Waals surface area contributed by atoms with Crippen LogP contribution in [0.3, 0.4) is 0 Å². The summed E-state index contributed by atoms with van der Waals surface area (Å²) in [5, 5.41) is 0. The van der Waals surface area contributed by atoms with Crippen molar-refractivity contribution in [2.45, 2.75) is 5.51 Å². The van der Waals surface area contributed by atoms with Crippen LogP contribution in [0.2, 0.25) is 0 Å². The van der Waals surface area contributed by atoms with Crippen LogP contribution in [0.15, 0.2) is 0 Å². The molecule has 1 radical (unpaired) electrons. The maximum Gasteiger partial charge on any atom is 2.00 e. The van der Waals surface area contributed by atoms with Crippen LogP contribution in [0.25, 0.3) is 0 Å². The van der Waals surface area contributed by atoms with Gasteiger partial charge in [-0.25, -0.2) is 8.42 Å². The second-order valence-corrected chi connectivity index (χ2v) is 2.27. The minimum absolute atomic E-state index is 0. The Hall–Kier alpha value is 0.219. The molecule has 0 aliphatic carbocycles. The summed E-state index contributed by atoms with van der Waals surface area (Å²) in [6, 6.07) is 0. The molecule has 0 atom stereocenters. The van der Waals surface area contributed by atoms with Crippen LogP contribution >= 0.6 is 0 Å². The van der Waals surface area contributed by atoms with Crippen LogP contribution in [0.4, 0.5) is 13.2 Å². The predicted octanol–water partition coefficient (Wildman–Crippen LogP) is 0.0489. The Morgan fingerprint density at radius 1 is 1.22 bits per heavy atom. The maximum absolute atomic E-state index is 10.7. The first-order valence-electron chi connectivity index (χ1n) is 1.27. The SMILES string of the molecule is O=S(=O)([O-])C(F)(F)F.[Cu+2]. The van der Waals surface area contributed by atoms with Crippen LogP contribution < -0.4 is 0 Å². The third kappa shape index (κ3) is 3.74. The minimum Gasteiger partial charge on any atom is -0.741 e. The second kappa shape index (κ2) is 2.87. The van der Waals surface area contributed by atoms with Gasteiger partial charge in [0.05, 0.1) is 0 Å². The van der Waals surface area contributed by atoms with Crippen LogP contribution in [0.1, 0.15) is 0 Å². The fourth-order valence-electron chi connectivity index (χ4n) is 0. The molecular weight excluding hydrogens is 213 g/mol. The van der Waals surface area contributed by atoms with Crippen molar-refractivity contribution in [2.24, 2.45) is 0 Å². The number of hydrogen-bond donors (Lipinski definition) is 0. The summed E-state index contributed by atoms with van der Waals surface area (Å²) in [5.41, 5.74) is -5.65. The van der Waals surface area contributed by atoms with Gasteiger partial charge in [0.2, 0.25) is 0 Å². The smallest absolute Gasteiger partial charge is 0.741 e. The predicted molar refractivity (Wildman–Crippen MR) is 15.8 cm³/mol. The van der Waals surface area contributed by atoms with Crippen LogP contribution in [-0.4, -0.2) is 18.5 Å². The van der Waals surface area contributed by atoms with E-state index < -0.39 is 15.6 Å². The molecule has 8 heteroatoms. The van der Waals surface area contributed by atoms with Crippen molar-refractivity contribution in [1.82, 2.24) is 0 Å². The summed E-state index contributed by atoms with van der Waals surface area (Å²) in [4.78, 5) is 0. The molecule has 0 aromatic heterocycles. The minimum atomic E-state index is -6.09. The monoisotopic (exact) mass is 212 g/mol. The number of halogens is 3. The Morgan fingerprint density at radius 3 is 1.33 bits per heavy atom. The Labute approximate surface area is 59.5 Å². The summed E-state index contributed by atoms with van der Waals surface area (Å²) >= 11 is 0. The van der Waals surface area contributed by atoms with Crippen LogP contribution in [0, 0.1) is 0 Å². The number of hydrogen-bond acceptors (Lipinski definition) is 3. The molecule has 0 aliphatic rings. The summed E-state index contributed by atoms with van der Waals surface area (Å²) < 4.78 is 58.9. The Bertz CT molecular complexity index is 168. The number of alkyl halides is 3. The van der Waals surface area contributed by atoms with Gasteiger partial charge in [-0.2, -0.15) is 13.2 Å². The Kier molecular flexibility index (Phi) is 3.81. The molecule has 3 nitrogen and oxygen atoms in total. The zero-order valence-electron chi connectivity index (χ0n) is 3.57. The van der Waals surface area contributed by atoms with Crippen molar-refractivity contribution in [2.75, 3.05) is 0 Å². The molecule has 0 N–H and O–H groups in total. The van der Waals surface area contributed by atoms with Gasteiger partial charge < -0.3 is 4.55 Å². The van der Waals surface area contributed by atoms with E-state index in [1.165, 1.54) is 0 Å². The van der Waals surface area contributed by atoms with Gasteiger partial charge in [0.1, 0.15) is 0 Å². The van der Waals surface area contributed by atoms with Crippen LogP contribution in [0.5, 0.6) is 0 Å². The molecule has 0 aromatic rings. The molecular formula is CCuF3O3S+. The fourth-order valence-corrected chi connectivity index (χ4v) is 0. The van der Waals surface area contributed by atoms with E-state index >= 15 is 0 Å². The third-order valence-corrected chi connectivity index (χ3v) is 0.850. The first-order valence-corrected chi connectivity index (χ1v) is 2.68. The first kappa shape index (κ1) is 12.0. The number of rotatable bonds is 0. The quantitative estimate of drug-likeness (QED) is 0.324. The van der Waals surface area contributed by atoms with Crippen molar-refractivity contribution >= 4 is 10.1 Å². The van der Waals surface area contributed by atoms with Gasteiger partial charge in [0.15, 0.2) is 10.1 Å². The summed E-state index contributed by atoms with van der Waals surface area (Å²) in [6.45, 7) is 0. The zero-order chi connectivity index (χ0) is 7.00. The van der Waals surface area contributed by atoms with E-state index in [9.17, 15) is 13.2 Å². The van der Waals surface area contributed by atoms with Crippen molar-refractivity contribution in [3.63, 3.8) is 0 Å². The summed E-state index contributed by atoms with van der Waals surface area (Å²) in [7, 11) is -6.09. The standard InChI is InChI=1S/CHF3O3S.Cu/c2-1(3,4)8(5,6)7;/h(H,5,6,7);/q;+2/p-1. The second-order valence-electron chi connectivity index (χ2n) is 0.900. The summed E-state index contributed by atoms with van der Waals surface area (Å²) in [6.07, 6.45) is 0. The molecule has 9 heavy (non-hydrogen) atoms. The first-order chi connectivity index (χ1) is 3.25. The Balaban J connectivity index is 0. The van der Waals surface area contributed by atoms with Gasteiger partial charge in [-0.1, -0.05) is 0 Å². The average Bonchev–Trinajstić information content (AvgIpc) is 1.25. The van der Waals surface area contributed by atoms with Crippen molar-refractivity contribution in [1.29, 1.82) is 0 Å². The molecule has 0 saturated carbocycles. The Morgan fingerprint density at radius 2 is 1.33 bits per heavy atom. The molecule has 0 amide bonds. The van der Waals surface area contributed by atoms with Gasteiger partial charge >= 0.3 is 22.6 Å². The summed E-state index contributed by atoms with van der Waals surface area (Å²) in [5.74, 6) is 0. The third-order valence-electron chi connectivity index (χ3n) is 0.283. The van der Waals surface area contributed by atoms with E-state index in [-0.39, 0.29) is 17.1 Å². The molecule has 0 unspecified atom stereocenters. The molecule has 0 spiro atoms. The van der Waals surface area contributed by atoms with E-state index in [0.29, 0.717) is 0 Å². The molecule has 0 aromatic carbocycles. The molecule has 0 saturated heterocycles. The van der Waals surface area contributed by atoms with Gasteiger partial charge in [0, 0.05) is 0 Å².